The molecule has 0 aliphatic carbocycles. The van der Waals surface area contributed by atoms with Gasteiger partial charge >= 0.3 is 17.9 Å². The van der Waals surface area contributed by atoms with E-state index in [2.05, 4.69) is 69.4 Å². The van der Waals surface area contributed by atoms with E-state index in [4.69, 9.17) is 14.2 Å². The van der Waals surface area contributed by atoms with Crippen molar-refractivity contribution in [2.75, 3.05) is 13.2 Å². The Morgan fingerprint density at radius 3 is 1.02 bits per heavy atom. The predicted octanol–water partition coefficient (Wildman–Crippen LogP) is 17.1. The van der Waals surface area contributed by atoms with Crippen molar-refractivity contribution in [2.45, 2.75) is 271 Å². The monoisotopic (exact) mass is 855 g/mol. The first kappa shape index (κ1) is 58.4. The summed E-state index contributed by atoms with van der Waals surface area (Å²) in [7, 11) is 0. The number of ether oxygens (including phenoxy) is 3. The molecule has 0 rings (SSSR count). The smallest absolute Gasteiger partial charge is 0.306 e. The van der Waals surface area contributed by atoms with Crippen LogP contribution in [-0.4, -0.2) is 37.2 Å². The first-order valence-corrected chi connectivity index (χ1v) is 26.1. The number of unbranched alkanes of at least 4 members (excludes halogenated alkanes) is 28. The van der Waals surface area contributed by atoms with Gasteiger partial charge < -0.3 is 14.2 Å². The van der Waals surface area contributed by atoms with Crippen LogP contribution < -0.4 is 0 Å². The summed E-state index contributed by atoms with van der Waals surface area (Å²) in [6.07, 6.45) is 59.5. The van der Waals surface area contributed by atoms with Crippen LogP contribution in [0.3, 0.4) is 0 Å². The highest BCUT2D eigenvalue weighted by atomic mass is 16.6. The van der Waals surface area contributed by atoms with Gasteiger partial charge in [0.05, 0.1) is 0 Å². The lowest BCUT2D eigenvalue weighted by molar-refractivity contribution is -0.167. The highest BCUT2D eigenvalue weighted by Gasteiger charge is 2.19. The van der Waals surface area contributed by atoms with Gasteiger partial charge in [0.1, 0.15) is 13.2 Å². The number of hydrogen-bond acceptors (Lipinski definition) is 6. The average molecular weight is 855 g/mol. The van der Waals surface area contributed by atoms with Crippen LogP contribution in [0.1, 0.15) is 265 Å². The molecule has 6 heteroatoms. The van der Waals surface area contributed by atoms with Crippen LogP contribution in [0.15, 0.2) is 48.6 Å². The minimum Gasteiger partial charge on any atom is -0.462 e. The molecule has 0 aromatic heterocycles. The summed E-state index contributed by atoms with van der Waals surface area (Å²) in [6, 6.07) is 0. The van der Waals surface area contributed by atoms with Gasteiger partial charge in [0.15, 0.2) is 6.10 Å². The lowest BCUT2D eigenvalue weighted by Crippen LogP contribution is -2.30. The molecule has 0 heterocycles. The molecule has 61 heavy (non-hydrogen) atoms. The quantitative estimate of drug-likeness (QED) is 0.0263. The Hall–Kier alpha value is -2.63. The molecule has 0 saturated heterocycles. The van der Waals surface area contributed by atoms with Crippen molar-refractivity contribution in [1.29, 1.82) is 0 Å². The molecule has 6 nitrogen and oxygen atoms in total. The number of carbonyl (C=O) groups is 3. The standard InChI is InChI=1S/C55H98O6/c1-4-7-10-13-16-19-22-25-27-28-29-31-33-36-39-42-45-48-54(57)60-51-52(50-59-53(56)47-44-41-38-35-32-24-21-18-15-12-9-6-3)61-55(58)49-46-43-40-37-34-30-26-23-20-17-14-11-8-5-2/h8,11,17,20,25-27,30,52H,4-7,9-10,12-16,18-19,21-24,28-29,31-51H2,1-3H3/b11-8-,20-17-,27-25-,30-26-. The fourth-order valence-electron chi connectivity index (χ4n) is 7.39. The molecule has 354 valence electrons. The zero-order valence-corrected chi connectivity index (χ0v) is 40.4. The Balaban J connectivity index is 4.38. The summed E-state index contributed by atoms with van der Waals surface area (Å²) in [4.78, 5) is 38.0. The Labute approximate surface area is 378 Å². The van der Waals surface area contributed by atoms with Crippen LogP contribution in [0.25, 0.3) is 0 Å². The number of carbonyl (C=O) groups excluding carboxylic acids is 3. The van der Waals surface area contributed by atoms with Gasteiger partial charge in [-0.1, -0.05) is 217 Å². The molecule has 0 aliphatic heterocycles. The summed E-state index contributed by atoms with van der Waals surface area (Å²) in [5.41, 5.74) is 0. The lowest BCUT2D eigenvalue weighted by Gasteiger charge is -2.18. The largest absolute Gasteiger partial charge is 0.462 e. The first-order chi connectivity index (χ1) is 30.0. The van der Waals surface area contributed by atoms with Gasteiger partial charge in [0.2, 0.25) is 0 Å². The van der Waals surface area contributed by atoms with Crippen molar-refractivity contribution in [2.24, 2.45) is 0 Å². The molecule has 0 aliphatic rings. The zero-order valence-electron chi connectivity index (χ0n) is 40.4. The second kappa shape index (κ2) is 50.0. The van der Waals surface area contributed by atoms with E-state index < -0.39 is 6.10 Å². The summed E-state index contributed by atoms with van der Waals surface area (Å²) >= 11 is 0. The van der Waals surface area contributed by atoms with Crippen molar-refractivity contribution < 1.29 is 28.6 Å². The van der Waals surface area contributed by atoms with Crippen LogP contribution in [0.4, 0.5) is 0 Å². The van der Waals surface area contributed by atoms with Crippen LogP contribution in [-0.2, 0) is 28.6 Å². The third-order valence-electron chi connectivity index (χ3n) is 11.3. The molecule has 0 aromatic rings. The van der Waals surface area contributed by atoms with Gasteiger partial charge in [0.25, 0.3) is 0 Å². The Morgan fingerprint density at radius 2 is 0.639 bits per heavy atom. The Morgan fingerprint density at radius 1 is 0.344 bits per heavy atom. The third kappa shape index (κ3) is 48.3. The van der Waals surface area contributed by atoms with Crippen molar-refractivity contribution in [3.63, 3.8) is 0 Å². The van der Waals surface area contributed by atoms with Gasteiger partial charge in [-0.25, -0.2) is 0 Å². The maximum Gasteiger partial charge on any atom is 0.306 e. The maximum atomic E-state index is 12.8. The van der Waals surface area contributed by atoms with Crippen LogP contribution >= 0.6 is 0 Å². The molecule has 0 aromatic carbocycles. The minimum atomic E-state index is -0.783. The van der Waals surface area contributed by atoms with Crippen molar-refractivity contribution >= 4 is 17.9 Å². The van der Waals surface area contributed by atoms with Gasteiger partial charge in [-0.3, -0.25) is 14.4 Å². The van der Waals surface area contributed by atoms with Gasteiger partial charge in [0, 0.05) is 19.3 Å². The second-order valence-electron chi connectivity index (χ2n) is 17.4. The van der Waals surface area contributed by atoms with Crippen molar-refractivity contribution in [1.82, 2.24) is 0 Å². The summed E-state index contributed by atoms with van der Waals surface area (Å²) in [5.74, 6) is -0.901. The fourth-order valence-corrected chi connectivity index (χ4v) is 7.39. The normalized spacial score (nSPS) is 12.4. The van der Waals surface area contributed by atoms with Crippen LogP contribution in [0.5, 0.6) is 0 Å². The van der Waals surface area contributed by atoms with Crippen molar-refractivity contribution in [3.8, 4) is 0 Å². The highest BCUT2D eigenvalue weighted by Crippen LogP contribution is 2.15. The van der Waals surface area contributed by atoms with Crippen molar-refractivity contribution in [3.05, 3.63) is 48.6 Å². The van der Waals surface area contributed by atoms with Gasteiger partial charge in [-0.05, 0) is 77.0 Å². The fraction of sp³-hybridized carbons (Fsp3) is 0.800. The molecular weight excluding hydrogens is 757 g/mol. The van der Waals surface area contributed by atoms with E-state index in [9.17, 15) is 14.4 Å². The van der Waals surface area contributed by atoms with Gasteiger partial charge in [-0.15, -0.1) is 0 Å². The van der Waals surface area contributed by atoms with E-state index in [0.717, 1.165) is 89.9 Å². The summed E-state index contributed by atoms with van der Waals surface area (Å²) in [6.45, 7) is 6.51. The molecule has 0 bridgehead atoms. The maximum absolute atomic E-state index is 12.8. The SMILES string of the molecule is CC/C=C\C/C=C\C/C=C\CCCCCCC(=O)OC(COC(=O)CCCCCCCCC/C=C\CCCCCCCC)COC(=O)CCCCCCCCCCCCCC. The molecule has 0 amide bonds. The topological polar surface area (TPSA) is 78.9 Å². The van der Waals surface area contributed by atoms with Crippen LogP contribution in [0, 0.1) is 0 Å². The molecule has 1 atom stereocenters. The Kier molecular flexibility index (Phi) is 47.9. The van der Waals surface area contributed by atoms with Crippen LogP contribution in [0.2, 0.25) is 0 Å². The number of rotatable bonds is 47. The Bertz CT molecular complexity index is 1070. The molecular formula is C55H98O6. The molecule has 0 saturated carbocycles. The number of hydrogen-bond donors (Lipinski definition) is 0. The number of esters is 3. The second-order valence-corrected chi connectivity index (χ2v) is 17.4. The lowest BCUT2D eigenvalue weighted by atomic mass is 10.0. The van der Waals surface area contributed by atoms with Gasteiger partial charge in [-0.2, -0.15) is 0 Å². The minimum absolute atomic E-state index is 0.0814. The number of allylic oxidation sites excluding steroid dienone is 8. The summed E-state index contributed by atoms with van der Waals surface area (Å²) < 4.78 is 16.8. The molecule has 1 unspecified atom stereocenters. The van der Waals surface area contributed by atoms with E-state index in [1.54, 1.807) is 0 Å². The third-order valence-corrected chi connectivity index (χ3v) is 11.3. The van der Waals surface area contributed by atoms with E-state index in [0.29, 0.717) is 19.3 Å². The van der Waals surface area contributed by atoms with E-state index in [1.807, 2.05) is 0 Å². The molecule has 0 N–H and O–H groups in total. The molecule has 0 fully saturated rings. The predicted molar refractivity (Wildman–Crippen MR) is 261 cm³/mol. The average Bonchev–Trinajstić information content (AvgIpc) is 3.26. The van der Waals surface area contributed by atoms with E-state index in [1.165, 1.54) is 135 Å². The van der Waals surface area contributed by atoms with E-state index >= 15 is 0 Å². The first-order valence-electron chi connectivity index (χ1n) is 26.1. The molecule has 0 spiro atoms. The van der Waals surface area contributed by atoms with E-state index in [-0.39, 0.29) is 31.1 Å². The highest BCUT2D eigenvalue weighted by molar-refractivity contribution is 5.71. The molecule has 0 radical (unpaired) electrons. The summed E-state index contributed by atoms with van der Waals surface area (Å²) in [5, 5.41) is 0. The zero-order chi connectivity index (χ0) is 44.4.